The molecule has 1 unspecified atom stereocenters. The first kappa shape index (κ1) is 20.7. The van der Waals surface area contributed by atoms with Crippen molar-refractivity contribution in [1.29, 1.82) is 0 Å². The van der Waals surface area contributed by atoms with Crippen LogP contribution in [-0.4, -0.2) is 17.1 Å². The van der Waals surface area contributed by atoms with Crippen molar-refractivity contribution in [3.63, 3.8) is 0 Å². The number of rotatable bonds is 7. The van der Waals surface area contributed by atoms with E-state index in [-0.39, 0.29) is 5.75 Å². The molecule has 0 amide bonds. The summed E-state index contributed by atoms with van der Waals surface area (Å²) in [5.41, 5.74) is 0. The third-order valence-corrected chi connectivity index (χ3v) is 4.65. The molecule has 6 nitrogen and oxygen atoms in total. The van der Waals surface area contributed by atoms with Gasteiger partial charge in [-0.3, -0.25) is 4.79 Å². The fraction of sp³-hybridized carbons (Fsp3) is 0.133. The Bertz CT molecular complexity index is 882. The first-order chi connectivity index (χ1) is 12.6. The molecule has 0 radical (unpaired) electrons. The number of hydrogen-bond acceptors (Lipinski definition) is 4. The minimum absolute atomic E-state index is 0.185. The van der Waals surface area contributed by atoms with Crippen molar-refractivity contribution >= 4 is 13.7 Å². The van der Waals surface area contributed by atoms with Crippen molar-refractivity contribution in [2.45, 2.75) is 13.0 Å². The largest absolute Gasteiger partial charge is 0.513 e. The van der Waals surface area contributed by atoms with E-state index >= 15 is 0 Å². The van der Waals surface area contributed by atoms with Gasteiger partial charge in [0.1, 0.15) is 11.8 Å². The fourth-order valence-corrected chi connectivity index (χ4v) is 3.30. The lowest BCUT2D eigenvalue weighted by Gasteiger charge is -2.22. The highest BCUT2D eigenvalue weighted by Gasteiger charge is 2.37. The maximum absolute atomic E-state index is 13.8. The molecule has 0 bridgehead atoms. The zero-order valence-electron chi connectivity index (χ0n) is 13.4. The number of carbonyl (C=O) groups is 1. The van der Waals surface area contributed by atoms with Crippen LogP contribution in [0.5, 0.6) is 11.5 Å². The number of benzene rings is 2. The number of para-hydroxylation sites is 1. The molecule has 0 aliphatic heterocycles. The Balaban J connectivity index is 2.49. The van der Waals surface area contributed by atoms with Crippen molar-refractivity contribution in [3.05, 3.63) is 59.4 Å². The lowest BCUT2D eigenvalue weighted by molar-refractivity contribution is -0.138. The quantitative estimate of drug-likeness (QED) is 0.310. The molecule has 2 aromatic carbocycles. The Morgan fingerprint density at radius 1 is 0.963 bits per heavy atom. The molecular formula is C15H11F5NO5P. The topological polar surface area (TPSA) is 84.9 Å². The lowest BCUT2D eigenvalue weighted by Crippen LogP contribution is -2.34. The summed E-state index contributed by atoms with van der Waals surface area (Å²) < 4.78 is 89.5. The molecular weight excluding hydrogens is 400 g/mol. The summed E-state index contributed by atoms with van der Waals surface area (Å²) in [6.45, 7) is 0.991. The molecule has 2 N–H and O–H groups in total. The van der Waals surface area contributed by atoms with Crippen LogP contribution in [0.2, 0.25) is 0 Å². The number of carboxylic acid groups (broad SMARTS) is 1. The van der Waals surface area contributed by atoms with Gasteiger partial charge in [-0.25, -0.2) is 17.7 Å². The first-order valence-corrected chi connectivity index (χ1v) is 8.66. The van der Waals surface area contributed by atoms with Crippen LogP contribution in [0.25, 0.3) is 0 Å². The highest BCUT2D eigenvalue weighted by atomic mass is 31.2. The van der Waals surface area contributed by atoms with Gasteiger partial charge in [-0.15, -0.1) is 0 Å². The van der Waals surface area contributed by atoms with Crippen LogP contribution in [0.4, 0.5) is 22.0 Å². The third-order valence-electron chi connectivity index (χ3n) is 3.07. The minimum atomic E-state index is -4.95. The van der Waals surface area contributed by atoms with E-state index in [0.717, 1.165) is 6.92 Å². The van der Waals surface area contributed by atoms with Crippen molar-refractivity contribution in [2.24, 2.45) is 0 Å². The van der Waals surface area contributed by atoms with E-state index in [2.05, 4.69) is 4.52 Å². The number of carboxylic acids is 1. The molecule has 27 heavy (non-hydrogen) atoms. The summed E-state index contributed by atoms with van der Waals surface area (Å²) in [5, 5.41) is 10.7. The molecule has 2 aromatic rings. The Kier molecular flexibility index (Phi) is 6.07. The molecule has 0 fully saturated rings. The Morgan fingerprint density at radius 2 is 1.44 bits per heavy atom. The molecule has 2 atom stereocenters. The Morgan fingerprint density at radius 3 is 1.93 bits per heavy atom. The van der Waals surface area contributed by atoms with E-state index in [1.54, 1.807) is 0 Å². The normalized spacial score (nSPS) is 14.3. The van der Waals surface area contributed by atoms with Crippen LogP contribution in [0, 0.1) is 29.1 Å². The summed E-state index contributed by atoms with van der Waals surface area (Å²) in [4.78, 5) is 11.0. The predicted octanol–water partition coefficient (Wildman–Crippen LogP) is 4.01. The van der Waals surface area contributed by atoms with Gasteiger partial charge in [0.15, 0.2) is 0 Å². The van der Waals surface area contributed by atoms with Crippen LogP contribution in [0.3, 0.4) is 0 Å². The van der Waals surface area contributed by atoms with E-state index < -0.39 is 54.6 Å². The molecule has 0 aromatic heterocycles. The van der Waals surface area contributed by atoms with Crippen molar-refractivity contribution < 1.29 is 45.5 Å². The van der Waals surface area contributed by atoms with Gasteiger partial charge in [-0.1, -0.05) is 18.2 Å². The van der Waals surface area contributed by atoms with Crippen LogP contribution < -0.4 is 14.1 Å². The van der Waals surface area contributed by atoms with Crippen molar-refractivity contribution in [1.82, 2.24) is 5.09 Å². The smallest absolute Gasteiger partial charge is 0.480 e. The van der Waals surface area contributed by atoms with Gasteiger partial charge in [0.05, 0.1) is 0 Å². The van der Waals surface area contributed by atoms with Crippen molar-refractivity contribution in [3.8, 4) is 11.5 Å². The summed E-state index contributed by atoms with van der Waals surface area (Å²) in [5.74, 6) is -15.5. The molecule has 146 valence electrons. The zero-order chi connectivity index (χ0) is 20.4. The van der Waals surface area contributed by atoms with Crippen LogP contribution in [-0.2, 0) is 9.36 Å². The molecule has 0 saturated carbocycles. The summed E-state index contributed by atoms with van der Waals surface area (Å²) in [7, 11) is -4.95. The average molecular weight is 411 g/mol. The van der Waals surface area contributed by atoms with Crippen molar-refractivity contribution in [2.75, 3.05) is 0 Å². The predicted molar refractivity (Wildman–Crippen MR) is 81.8 cm³/mol. The van der Waals surface area contributed by atoms with E-state index in [9.17, 15) is 31.3 Å². The third kappa shape index (κ3) is 4.55. The Hall–Kier alpha value is -2.65. The summed E-state index contributed by atoms with van der Waals surface area (Å²) >= 11 is 0. The van der Waals surface area contributed by atoms with Crippen LogP contribution in [0.1, 0.15) is 6.92 Å². The molecule has 0 heterocycles. The maximum atomic E-state index is 13.8. The summed E-state index contributed by atoms with van der Waals surface area (Å²) in [6.07, 6.45) is 0. The van der Waals surface area contributed by atoms with Gasteiger partial charge in [0, 0.05) is 0 Å². The highest BCUT2D eigenvalue weighted by molar-refractivity contribution is 7.52. The van der Waals surface area contributed by atoms with Gasteiger partial charge in [0.25, 0.3) is 0 Å². The van der Waals surface area contributed by atoms with Crippen LogP contribution >= 0.6 is 7.75 Å². The van der Waals surface area contributed by atoms with E-state index in [4.69, 9.17) is 9.63 Å². The molecule has 0 saturated heterocycles. The van der Waals surface area contributed by atoms with E-state index in [0.29, 0.717) is 0 Å². The van der Waals surface area contributed by atoms with E-state index in [1.807, 2.05) is 5.09 Å². The standard InChI is InChI=1S/C15H11F5NO5P/c1-7(15(22)23)21-27(24,25-8-5-3-2-4-6-8)26-14-12(19)10(17)9(16)11(18)13(14)20/h2-7H,1H3,(H,21,24)(H,22,23)/t7-,27?/m1/s1. The molecule has 12 heteroatoms. The van der Waals surface area contributed by atoms with Gasteiger partial charge in [-0.2, -0.15) is 13.9 Å². The number of aliphatic carboxylic acids is 1. The number of halogens is 5. The summed E-state index contributed by atoms with van der Waals surface area (Å²) in [6, 6.07) is 5.22. The van der Waals surface area contributed by atoms with Gasteiger partial charge >= 0.3 is 13.7 Å². The fourth-order valence-electron chi connectivity index (χ4n) is 1.77. The SMILES string of the molecule is C[C@@H](NP(=O)(Oc1ccccc1)Oc1c(F)c(F)c(F)c(F)c1F)C(=O)O. The lowest BCUT2D eigenvalue weighted by atomic mass is 10.3. The monoisotopic (exact) mass is 411 g/mol. The second kappa shape index (κ2) is 7.93. The second-order valence-corrected chi connectivity index (χ2v) is 6.70. The molecule has 2 rings (SSSR count). The second-order valence-electron chi connectivity index (χ2n) is 5.08. The van der Waals surface area contributed by atoms with Gasteiger partial charge in [0.2, 0.25) is 34.8 Å². The maximum Gasteiger partial charge on any atom is 0.513 e. The molecule has 0 spiro atoms. The van der Waals surface area contributed by atoms with Crippen LogP contribution in [0.15, 0.2) is 30.3 Å². The molecule has 0 aliphatic carbocycles. The first-order valence-electron chi connectivity index (χ1n) is 7.12. The average Bonchev–Trinajstić information content (AvgIpc) is 2.62. The minimum Gasteiger partial charge on any atom is -0.480 e. The number of nitrogens with one attached hydrogen (secondary N) is 1. The highest BCUT2D eigenvalue weighted by Crippen LogP contribution is 2.47. The Labute approximate surface area is 149 Å². The number of hydrogen-bond donors (Lipinski definition) is 2. The van der Waals surface area contributed by atoms with E-state index in [1.165, 1.54) is 30.3 Å². The van der Waals surface area contributed by atoms with Gasteiger partial charge < -0.3 is 14.2 Å². The zero-order valence-corrected chi connectivity index (χ0v) is 14.3. The van der Waals surface area contributed by atoms with Gasteiger partial charge in [-0.05, 0) is 19.1 Å². The molecule has 0 aliphatic rings.